The van der Waals surface area contributed by atoms with Gasteiger partial charge in [0.05, 0.1) is 18.8 Å². The van der Waals surface area contributed by atoms with Crippen LogP contribution in [0.25, 0.3) is 11.1 Å². The van der Waals surface area contributed by atoms with Crippen LogP contribution in [0.3, 0.4) is 0 Å². The molecule has 0 radical (unpaired) electrons. The first-order valence-electron chi connectivity index (χ1n) is 10.9. The van der Waals surface area contributed by atoms with Gasteiger partial charge in [-0.2, -0.15) is 0 Å². The van der Waals surface area contributed by atoms with Crippen LogP contribution in [0, 0.1) is 13.8 Å². The highest BCUT2D eigenvalue weighted by Crippen LogP contribution is 2.35. The third-order valence-corrected chi connectivity index (χ3v) is 6.02. The smallest absolute Gasteiger partial charge is 0.251 e. The Balaban J connectivity index is 1.96. The lowest BCUT2D eigenvalue weighted by Crippen LogP contribution is -2.37. The maximum Gasteiger partial charge on any atom is 0.251 e. The summed E-state index contributed by atoms with van der Waals surface area (Å²) >= 11 is 0. The molecule has 1 aliphatic rings. The van der Waals surface area contributed by atoms with Gasteiger partial charge in [0.1, 0.15) is 0 Å². The summed E-state index contributed by atoms with van der Waals surface area (Å²) in [7, 11) is 0. The minimum Gasteiger partial charge on any atom is -0.379 e. The van der Waals surface area contributed by atoms with Crippen LogP contribution in [-0.2, 0) is 17.7 Å². The Kier molecular flexibility index (Phi) is 7.51. The molecular formula is C24H35N3O2. The van der Waals surface area contributed by atoms with Crippen LogP contribution in [0.1, 0.15) is 53.5 Å². The van der Waals surface area contributed by atoms with E-state index in [1.807, 2.05) is 19.1 Å². The zero-order valence-electron chi connectivity index (χ0n) is 18.2. The number of benzene rings is 1. The molecule has 1 saturated heterocycles. The Morgan fingerprint density at radius 1 is 1.10 bits per heavy atom. The zero-order chi connectivity index (χ0) is 20.8. The lowest BCUT2D eigenvalue weighted by molar-refractivity contribution is 0.0369. The number of carbonyl (C=O) groups excluding carboxylic acids is 1. The molecule has 1 aliphatic heterocycles. The highest BCUT2D eigenvalue weighted by molar-refractivity contribution is 6.02. The lowest BCUT2D eigenvalue weighted by Gasteiger charge is -2.26. The first-order valence-corrected chi connectivity index (χ1v) is 10.9. The minimum atomic E-state index is -0.328. The average Bonchev–Trinajstić information content (AvgIpc) is 2.99. The van der Waals surface area contributed by atoms with Crippen LogP contribution in [0.4, 0.5) is 0 Å². The van der Waals surface area contributed by atoms with E-state index in [4.69, 9.17) is 10.5 Å². The third-order valence-electron chi connectivity index (χ3n) is 6.02. The van der Waals surface area contributed by atoms with E-state index in [1.54, 1.807) is 0 Å². The van der Waals surface area contributed by atoms with Gasteiger partial charge in [-0.05, 0) is 44.2 Å². The Bertz CT molecular complexity index is 835. The number of aromatic nitrogens is 1. The van der Waals surface area contributed by atoms with Gasteiger partial charge in [-0.1, -0.05) is 37.6 Å². The topological polar surface area (TPSA) is 60.5 Å². The molecule has 1 amide bonds. The summed E-state index contributed by atoms with van der Waals surface area (Å²) in [6.07, 6.45) is 4.24. The normalized spacial score (nSPS) is 15.0. The number of carbonyl (C=O) groups is 1. The maximum atomic E-state index is 12.5. The van der Waals surface area contributed by atoms with Gasteiger partial charge in [0.2, 0.25) is 0 Å². The van der Waals surface area contributed by atoms with Crippen molar-refractivity contribution in [1.82, 2.24) is 9.47 Å². The molecule has 2 heterocycles. The molecule has 0 atom stereocenters. The highest BCUT2D eigenvalue weighted by Gasteiger charge is 2.25. The molecule has 0 bridgehead atoms. The molecule has 0 saturated carbocycles. The molecule has 5 heteroatoms. The van der Waals surface area contributed by atoms with E-state index in [1.165, 1.54) is 11.3 Å². The Hall–Kier alpha value is -2.11. The summed E-state index contributed by atoms with van der Waals surface area (Å²) < 4.78 is 7.81. The first kappa shape index (κ1) is 21.6. The van der Waals surface area contributed by atoms with Gasteiger partial charge >= 0.3 is 0 Å². The van der Waals surface area contributed by atoms with E-state index in [-0.39, 0.29) is 5.91 Å². The molecule has 158 valence electrons. The predicted molar refractivity (Wildman–Crippen MR) is 118 cm³/mol. The summed E-state index contributed by atoms with van der Waals surface area (Å²) in [6, 6.07) is 8.31. The maximum absolute atomic E-state index is 12.5. The summed E-state index contributed by atoms with van der Waals surface area (Å²) in [4.78, 5) is 14.9. The van der Waals surface area contributed by atoms with Crippen LogP contribution >= 0.6 is 0 Å². The van der Waals surface area contributed by atoms with E-state index < -0.39 is 0 Å². The fraction of sp³-hybridized carbons (Fsp3) is 0.542. The van der Waals surface area contributed by atoms with Crippen molar-refractivity contribution in [2.24, 2.45) is 5.73 Å². The number of nitrogens with zero attached hydrogens (tertiary/aromatic N) is 2. The van der Waals surface area contributed by atoms with Crippen LogP contribution in [0.5, 0.6) is 0 Å². The summed E-state index contributed by atoms with van der Waals surface area (Å²) in [5.74, 6) is -0.328. The molecule has 1 aromatic heterocycles. The van der Waals surface area contributed by atoms with Crippen molar-refractivity contribution >= 4 is 5.91 Å². The molecule has 2 N–H and O–H groups in total. The van der Waals surface area contributed by atoms with Crippen molar-refractivity contribution in [3.05, 3.63) is 46.8 Å². The second-order valence-electron chi connectivity index (χ2n) is 8.02. The largest absolute Gasteiger partial charge is 0.379 e. The van der Waals surface area contributed by atoms with Gasteiger partial charge in [0.15, 0.2) is 0 Å². The van der Waals surface area contributed by atoms with Gasteiger partial charge in [-0.3, -0.25) is 9.69 Å². The number of morpholine rings is 1. The van der Waals surface area contributed by atoms with Crippen molar-refractivity contribution in [3.8, 4) is 11.1 Å². The van der Waals surface area contributed by atoms with Gasteiger partial charge in [0, 0.05) is 43.1 Å². The van der Waals surface area contributed by atoms with Crippen LogP contribution < -0.4 is 5.73 Å². The molecule has 1 fully saturated rings. The van der Waals surface area contributed by atoms with Crippen molar-refractivity contribution in [2.75, 3.05) is 32.8 Å². The third kappa shape index (κ3) is 4.90. The number of primary amides is 1. The number of hydrogen-bond acceptors (Lipinski definition) is 3. The molecule has 0 unspecified atom stereocenters. The Morgan fingerprint density at radius 2 is 1.83 bits per heavy atom. The number of amides is 1. The van der Waals surface area contributed by atoms with Crippen molar-refractivity contribution in [1.29, 1.82) is 0 Å². The monoisotopic (exact) mass is 397 g/mol. The van der Waals surface area contributed by atoms with E-state index in [0.29, 0.717) is 5.56 Å². The average molecular weight is 398 g/mol. The molecule has 5 nitrogen and oxygen atoms in total. The van der Waals surface area contributed by atoms with E-state index in [2.05, 4.69) is 35.4 Å². The predicted octanol–water partition coefficient (Wildman–Crippen LogP) is 3.94. The molecule has 3 rings (SSSR count). The zero-order valence-corrected chi connectivity index (χ0v) is 18.2. The van der Waals surface area contributed by atoms with E-state index >= 15 is 0 Å². The standard InChI is InChI=1S/C24H35N3O2/c1-4-5-11-21-23(20-10-7-6-9-18(20)2)22(24(25)28)19(3)27(21)13-8-12-26-14-16-29-17-15-26/h6-7,9-10H,4-5,8,11-17H2,1-3H3,(H2,25,28). The SMILES string of the molecule is CCCCc1c(-c2ccccc2C)c(C(N)=O)c(C)n1CCCN1CCOCC1. The first-order chi connectivity index (χ1) is 14.0. The van der Waals surface area contributed by atoms with Crippen LogP contribution in [0.15, 0.2) is 24.3 Å². The number of ether oxygens (including phenoxy) is 1. The number of unbranched alkanes of at least 4 members (excludes halogenated alkanes) is 1. The number of hydrogen-bond donors (Lipinski definition) is 1. The lowest BCUT2D eigenvalue weighted by atomic mass is 9.94. The minimum absolute atomic E-state index is 0.328. The Labute approximate surface area is 174 Å². The second kappa shape index (κ2) is 10.1. The van der Waals surface area contributed by atoms with Crippen molar-refractivity contribution < 1.29 is 9.53 Å². The number of rotatable bonds is 9. The molecule has 29 heavy (non-hydrogen) atoms. The van der Waals surface area contributed by atoms with Gasteiger partial charge in [0.25, 0.3) is 5.91 Å². The van der Waals surface area contributed by atoms with Crippen molar-refractivity contribution in [3.63, 3.8) is 0 Å². The van der Waals surface area contributed by atoms with Gasteiger partial charge in [-0.15, -0.1) is 0 Å². The summed E-state index contributed by atoms with van der Waals surface area (Å²) in [5.41, 5.74) is 12.2. The van der Waals surface area contributed by atoms with Crippen LogP contribution in [0.2, 0.25) is 0 Å². The molecule has 0 spiro atoms. The number of aryl methyl sites for hydroxylation is 1. The molecule has 2 aromatic rings. The van der Waals surface area contributed by atoms with Crippen LogP contribution in [-0.4, -0.2) is 48.2 Å². The summed E-state index contributed by atoms with van der Waals surface area (Å²) in [5, 5.41) is 0. The van der Waals surface area contributed by atoms with Crippen molar-refractivity contribution in [2.45, 2.75) is 53.0 Å². The van der Waals surface area contributed by atoms with E-state index in [0.717, 1.165) is 81.9 Å². The fourth-order valence-electron chi connectivity index (χ4n) is 4.43. The van der Waals surface area contributed by atoms with E-state index in [9.17, 15) is 4.79 Å². The molecule has 1 aromatic carbocycles. The quantitative estimate of drug-likeness (QED) is 0.697. The highest BCUT2D eigenvalue weighted by atomic mass is 16.5. The fourth-order valence-corrected chi connectivity index (χ4v) is 4.43. The summed E-state index contributed by atoms with van der Waals surface area (Å²) in [6.45, 7) is 12.0. The molecule has 0 aliphatic carbocycles. The second-order valence-corrected chi connectivity index (χ2v) is 8.02. The number of nitrogens with two attached hydrogens (primary N) is 1. The molecular weight excluding hydrogens is 362 g/mol. The van der Waals surface area contributed by atoms with Gasteiger partial charge < -0.3 is 15.0 Å². The Morgan fingerprint density at radius 3 is 2.48 bits per heavy atom. The van der Waals surface area contributed by atoms with Gasteiger partial charge in [-0.25, -0.2) is 0 Å².